The van der Waals surface area contributed by atoms with E-state index in [1.54, 1.807) is 13.8 Å². The van der Waals surface area contributed by atoms with Crippen LogP contribution in [0.15, 0.2) is 35.2 Å². The summed E-state index contributed by atoms with van der Waals surface area (Å²) in [5.74, 6) is -2.13. The molecule has 0 fully saturated rings. The maximum absolute atomic E-state index is 12.3. The molecular weight excluding hydrogens is 428 g/mol. The molecule has 2 aromatic rings. The molecule has 0 aliphatic heterocycles. The van der Waals surface area contributed by atoms with Crippen molar-refractivity contribution >= 4 is 51.9 Å². The summed E-state index contributed by atoms with van der Waals surface area (Å²) in [5.41, 5.74) is 0.518. The van der Waals surface area contributed by atoms with E-state index < -0.39 is 24.5 Å². The molecule has 0 atom stereocenters. The lowest BCUT2D eigenvalue weighted by atomic mass is 10.1. The minimum absolute atomic E-state index is 0.0598. The van der Waals surface area contributed by atoms with E-state index in [1.165, 1.54) is 18.8 Å². The van der Waals surface area contributed by atoms with Crippen molar-refractivity contribution in [3.05, 3.63) is 46.3 Å². The molecule has 0 saturated carbocycles. The molecule has 8 nitrogen and oxygen atoms in total. The Hall–Kier alpha value is -2.85. The van der Waals surface area contributed by atoms with Crippen molar-refractivity contribution in [2.75, 3.05) is 31.3 Å². The van der Waals surface area contributed by atoms with Gasteiger partial charge in [-0.25, -0.2) is 4.79 Å². The van der Waals surface area contributed by atoms with Gasteiger partial charge >= 0.3 is 11.9 Å². The van der Waals surface area contributed by atoms with E-state index in [-0.39, 0.29) is 33.7 Å². The van der Waals surface area contributed by atoms with Crippen molar-refractivity contribution in [3.63, 3.8) is 0 Å². The summed E-state index contributed by atoms with van der Waals surface area (Å²) < 4.78 is 10.0. The van der Waals surface area contributed by atoms with Gasteiger partial charge in [-0.15, -0.1) is 23.1 Å². The molecule has 2 N–H and O–H groups in total. The van der Waals surface area contributed by atoms with Gasteiger partial charge in [0.2, 0.25) is 0 Å². The number of carbonyl (C=O) groups is 4. The smallest absolute Gasteiger partial charge is 0.341 e. The van der Waals surface area contributed by atoms with Crippen LogP contribution in [0.2, 0.25) is 0 Å². The summed E-state index contributed by atoms with van der Waals surface area (Å²) in [4.78, 5) is 49.6. The van der Waals surface area contributed by atoms with Gasteiger partial charge in [-0.05, 0) is 31.5 Å². The number of rotatable bonds is 9. The Bertz CT molecular complexity index is 927. The highest BCUT2D eigenvalue weighted by atomic mass is 32.2. The fourth-order valence-electron chi connectivity index (χ4n) is 2.39. The zero-order valence-electron chi connectivity index (χ0n) is 16.8. The van der Waals surface area contributed by atoms with E-state index in [4.69, 9.17) is 9.47 Å². The third-order valence-electron chi connectivity index (χ3n) is 3.78. The first-order valence-corrected chi connectivity index (χ1v) is 10.8. The topological polar surface area (TPSA) is 111 Å². The Morgan fingerprint density at radius 3 is 2.43 bits per heavy atom. The summed E-state index contributed by atoms with van der Waals surface area (Å²) in [5, 5.41) is 5.19. The molecule has 0 unspecified atom stereocenters. The lowest BCUT2D eigenvalue weighted by Gasteiger charge is -2.08. The highest BCUT2D eigenvalue weighted by Crippen LogP contribution is 2.33. The molecule has 0 radical (unpaired) electrons. The van der Waals surface area contributed by atoms with E-state index >= 15 is 0 Å². The van der Waals surface area contributed by atoms with Gasteiger partial charge in [0.15, 0.2) is 6.61 Å². The predicted octanol–water partition coefficient (Wildman–Crippen LogP) is 2.87. The second-order valence-corrected chi connectivity index (χ2v) is 7.94. The molecule has 30 heavy (non-hydrogen) atoms. The summed E-state index contributed by atoms with van der Waals surface area (Å²) in [7, 11) is 1.47. The number of hydrogen-bond donors (Lipinski definition) is 2. The maximum Gasteiger partial charge on any atom is 0.341 e. The zero-order valence-corrected chi connectivity index (χ0v) is 18.4. The van der Waals surface area contributed by atoms with Crippen LogP contribution in [-0.2, 0) is 19.1 Å². The molecule has 0 spiro atoms. The lowest BCUT2D eigenvalue weighted by Crippen LogP contribution is -2.22. The van der Waals surface area contributed by atoms with Crippen molar-refractivity contribution < 1.29 is 28.7 Å². The number of esters is 2. The molecule has 0 aliphatic carbocycles. The molecule has 0 saturated heterocycles. The standard InChI is InChI=1S/C20H22N2O6S2/c1-4-27-20(26)16-12(2)17(18(25)21-3)30-19(16)22-14(23)10-28-15(24)11-29-13-8-6-5-7-9-13/h5-9H,4,10-11H2,1-3H3,(H,21,25)(H,22,23). The van der Waals surface area contributed by atoms with E-state index in [0.717, 1.165) is 16.2 Å². The van der Waals surface area contributed by atoms with Gasteiger partial charge in [-0.3, -0.25) is 14.4 Å². The van der Waals surface area contributed by atoms with Crippen molar-refractivity contribution in [1.82, 2.24) is 5.32 Å². The molecule has 0 aliphatic rings. The van der Waals surface area contributed by atoms with Crippen molar-refractivity contribution in [3.8, 4) is 0 Å². The lowest BCUT2D eigenvalue weighted by molar-refractivity contribution is -0.144. The Morgan fingerprint density at radius 1 is 1.10 bits per heavy atom. The van der Waals surface area contributed by atoms with Gasteiger partial charge in [0.1, 0.15) is 5.00 Å². The van der Waals surface area contributed by atoms with Crippen LogP contribution in [0.3, 0.4) is 0 Å². The van der Waals surface area contributed by atoms with Crippen molar-refractivity contribution in [1.29, 1.82) is 0 Å². The van der Waals surface area contributed by atoms with Crippen LogP contribution in [0.4, 0.5) is 5.00 Å². The summed E-state index contributed by atoms with van der Waals surface area (Å²) in [6.07, 6.45) is 0. The molecule has 1 aromatic carbocycles. The van der Waals surface area contributed by atoms with Crippen LogP contribution in [0, 0.1) is 6.92 Å². The molecule has 2 rings (SSSR count). The maximum atomic E-state index is 12.3. The van der Waals surface area contributed by atoms with E-state index in [2.05, 4.69) is 10.6 Å². The first-order chi connectivity index (χ1) is 14.4. The molecular formula is C20H22N2O6S2. The highest BCUT2D eigenvalue weighted by Gasteiger charge is 2.26. The first-order valence-electron chi connectivity index (χ1n) is 9.03. The van der Waals surface area contributed by atoms with E-state index in [0.29, 0.717) is 5.56 Å². The van der Waals surface area contributed by atoms with Crippen LogP contribution < -0.4 is 10.6 Å². The summed E-state index contributed by atoms with van der Waals surface area (Å²) >= 11 is 2.25. The largest absolute Gasteiger partial charge is 0.462 e. The second-order valence-electron chi connectivity index (χ2n) is 5.87. The molecule has 2 amide bonds. The van der Waals surface area contributed by atoms with Gasteiger partial charge in [0.25, 0.3) is 11.8 Å². The van der Waals surface area contributed by atoms with Crippen LogP contribution in [0.25, 0.3) is 0 Å². The SMILES string of the molecule is CCOC(=O)c1c(NC(=O)COC(=O)CSc2ccccc2)sc(C(=O)NC)c1C. The van der Waals surface area contributed by atoms with Gasteiger partial charge in [-0.1, -0.05) is 18.2 Å². The number of thiophene rings is 1. The number of hydrogen-bond acceptors (Lipinski definition) is 8. The number of anilines is 1. The Morgan fingerprint density at radius 2 is 1.80 bits per heavy atom. The molecule has 1 heterocycles. The van der Waals surface area contributed by atoms with Gasteiger partial charge in [0.05, 0.1) is 22.8 Å². The van der Waals surface area contributed by atoms with E-state index in [1.807, 2.05) is 30.3 Å². The van der Waals surface area contributed by atoms with Gasteiger partial charge in [0, 0.05) is 11.9 Å². The first kappa shape index (κ1) is 23.4. The highest BCUT2D eigenvalue weighted by molar-refractivity contribution is 8.00. The zero-order chi connectivity index (χ0) is 22.1. The van der Waals surface area contributed by atoms with Gasteiger partial charge in [-0.2, -0.15) is 0 Å². The van der Waals surface area contributed by atoms with Crippen molar-refractivity contribution in [2.45, 2.75) is 18.7 Å². The van der Waals surface area contributed by atoms with Crippen molar-refractivity contribution in [2.24, 2.45) is 0 Å². The minimum atomic E-state index is -0.645. The fourth-order valence-corrected chi connectivity index (χ4v) is 4.26. The van der Waals surface area contributed by atoms with Crippen LogP contribution in [-0.4, -0.2) is 49.8 Å². The third kappa shape index (κ3) is 6.33. The molecule has 1 aromatic heterocycles. The van der Waals surface area contributed by atoms with Crippen LogP contribution >= 0.6 is 23.1 Å². The molecule has 160 valence electrons. The number of thioether (sulfide) groups is 1. The number of amides is 2. The summed E-state index contributed by atoms with van der Waals surface area (Å²) in [6.45, 7) is 2.89. The monoisotopic (exact) mass is 450 g/mol. The average molecular weight is 451 g/mol. The summed E-state index contributed by atoms with van der Waals surface area (Å²) in [6, 6.07) is 9.32. The average Bonchev–Trinajstić information content (AvgIpc) is 3.06. The Balaban J connectivity index is 2.00. The van der Waals surface area contributed by atoms with Crippen LogP contribution in [0.5, 0.6) is 0 Å². The number of ether oxygens (including phenoxy) is 2. The molecule has 10 heteroatoms. The number of benzene rings is 1. The Kier molecular flexibility index (Phi) is 8.88. The Labute approximate surface area is 182 Å². The fraction of sp³-hybridized carbons (Fsp3) is 0.300. The van der Waals surface area contributed by atoms with Crippen LogP contribution in [0.1, 0.15) is 32.5 Å². The predicted molar refractivity (Wildman–Crippen MR) is 115 cm³/mol. The minimum Gasteiger partial charge on any atom is -0.462 e. The number of carbonyl (C=O) groups excluding carboxylic acids is 4. The third-order valence-corrected chi connectivity index (χ3v) is 5.97. The molecule has 0 bridgehead atoms. The second kappa shape index (κ2) is 11.4. The van der Waals surface area contributed by atoms with Gasteiger partial charge < -0.3 is 20.1 Å². The quantitative estimate of drug-likeness (QED) is 0.446. The normalized spacial score (nSPS) is 10.2. The number of nitrogens with one attached hydrogen (secondary N) is 2. The van der Waals surface area contributed by atoms with E-state index in [9.17, 15) is 19.2 Å².